The van der Waals surface area contributed by atoms with Crippen LogP contribution in [0.4, 0.5) is 13.2 Å². The van der Waals surface area contributed by atoms with Gasteiger partial charge in [-0.1, -0.05) is 12.6 Å². The summed E-state index contributed by atoms with van der Waals surface area (Å²) in [5, 5.41) is 15.7. The predicted molar refractivity (Wildman–Crippen MR) is 134 cm³/mol. The number of benzene rings is 1. The Hall–Kier alpha value is -4.15. The van der Waals surface area contributed by atoms with Gasteiger partial charge in [0, 0.05) is 44.2 Å². The lowest BCUT2D eigenvalue weighted by atomic mass is 9.95. The Bertz CT molecular complexity index is 1480. The molecule has 1 unspecified atom stereocenters. The average molecular weight is 538 g/mol. The van der Waals surface area contributed by atoms with Gasteiger partial charge in [-0.3, -0.25) is 14.6 Å². The molecule has 8 nitrogen and oxygen atoms in total. The Morgan fingerprint density at radius 2 is 1.90 bits per heavy atom. The van der Waals surface area contributed by atoms with Gasteiger partial charge in [0.25, 0.3) is 5.91 Å². The van der Waals surface area contributed by atoms with E-state index in [0.717, 1.165) is 48.0 Å². The lowest BCUT2D eigenvalue weighted by molar-refractivity contribution is -0.141. The number of aromatic hydroxyl groups is 1. The molecule has 1 saturated carbocycles. The van der Waals surface area contributed by atoms with Gasteiger partial charge in [0.1, 0.15) is 17.1 Å². The van der Waals surface area contributed by atoms with Gasteiger partial charge in [-0.15, -0.1) is 0 Å². The highest BCUT2D eigenvalue weighted by Gasteiger charge is 2.41. The van der Waals surface area contributed by atoms with Gasteiger partial charge in [0.2, 0.25) is 5.91 Å². The molecule has 0 saturated heterocycles. The van der Waals surface area contributed by atoms with Crippen LogP contribution in [-0.4, -0.2) is 61.1 Å². The molecular weight excluding hydrogens is 511 g/mol. The zero-order valence-electron chi connectivity index (χ0n) is 21.0. The molecule has 1 atom stereocenters. The van der Waals surface area contributed by atoms with Crippen molar-refractivity contribution < 1.29 is 27.9 Å². The highest BCUT2D eigenvalue weighted by molar-refractivity contribution is 5.94. The highest BCUT2D eigenvalue weighted by Crippen LogP contribution is 2.43. The fourth-order valence-corrected chi connectivity index (χ4v) is 5.61. The van der Waals surface area contributed by atoms with Gasteiger partial charge in [0.05, 0.1) is 23.0 Å². The van der Waals surface area contributed by atoms with Crippen molar-refractivity contribution in [2.75, 3.05) is 19.6 Å². The summed E-state index contributed by atoms with van der Waals surface area (Å²) in [6, 6.07) is 6.99. The van der Waals surface area contributed by atoms with E-state index in [9.17, 15) is 27.9 Å². The van der Waals surface area contributed by atoms with E-state index in [1.165, 1.54) is 6.08 Å². The number of phenols is 1. The molecule has 6 rings (SSSR count). The molecule has 2 amide bonds. The van der Waals surface area contributed by atoms with E-state index < -0.39 is 23.8 Å². The van der Waals surface area contributed by atoms with Crippen molar-refractivity contribution in [2.45, 2.75) is 43.8 Å². The zero-order chi connectivity index (χ0) is 27.5. The van der Waals surface area contributed by atoms with Crippen molar-refractivity contribution in [3.05, 3.63) is 83.0 Å². The molecule has 39 heavy (non-hydrogen) atoms. The Morgan fingerprint density at radius 1 is 1.10 bits per heavy atom. The van der Waals surface area contributed by atoms with Crippen LogP contribution in [0.5, 0.6) is 5.75 Å². The van der Waals surface area contributed by atoms with Crippen LogP contribution in [0.1, 0.15) is 63.4 Å². The molecule has 202 valence electrons. The third-order valence-electron chi connectivity index (χ3n) is 7.73. The van der Waals surface area contributed by atoms with Crippen molar-refractivity contribution in [1.82, 2.24) is 24.6 Å². The Labute approximate surface area is 222 Å². The number of alkyl halides is 3. The van der Waals surface area contributed by atoms with E-state index in [4.69, 9.17) is 5.10 Å². The van der Waals surface area contributed by atoms with Crippen LogP contribution in [0, 0.1) is 0 Å². The maximum atomic E-state index is 13.6. The third kappa shape index (κ3) is 4.45. The number of hydrogen-bond donors (Lipinski definition) is 1. The second-order valence-electron chi connectivity index (χ2n) is 10.2. The molecule has 1 aliphatic carbocycles. The van der Waals surface area contributed by atoms with E-state index in [2.05, 4.69) is 11.6 Å². The van der Waals surface area contributed by atoms with Crippen LogP contribution in [0.3, 0.4) is 0 Å². The first kappa shape index (κ1) is 25.1. The number of carbonyl (C=O) groups excluding carboxylic acids is 2. The van der Waals surface area contributed by atoms with Crippen molar-refractivity contribution >= 4 is 11.8 Å². The van der Waals surface area contributed by atoms with E-state index in [1.807, 2.05) is 12.1 Å². The maximum Gasteiger partial charge on any atom is 0.433 e. The Morgan fingerprint density at radius 3 is 2.54 bits per heavy atom. The van der Waals surface area contributed by atoms with Gasteiger partial charge in [-0.25, -0.2) is 4.68 Å². The topological polar surface area (TPSA) is 91.6 Å². The third-order valence-corrected chi connectivity index (χ3v) is 7.73. The highest BCUT2D eigenvalue weighted by atomic mass is 19.4. The van der Waals surface area contributed by atoms with Crippen molar-refractivity contribution in [3.63, 3.8) is 0 Å². The van der Waals surface area contributed by atoms with Gasteiger partial charge in [-0.2, -0.15) is 18.3 Å². The summed E-state index contributed by atoms with van der Waals surface area (Å²) in [6.45, 7) is 4.38. The van der Waals surface area contributed by atoms with Crippen LogP contribution in [0.25, 0.3) is 5.69 Å². The Kier molecular flexibility index (Phi) is 5.96. The summed E-state index contributed by atoms with van der Waals surface area (Å²) in [4.78, 5) is 32.8. The molecule has 11 heteroatoms. The van der Waals surface area contributed by atoms with E-state index in [1.54, 1.807) is 20.5 Å². The van der Waals surface area contributed by atoms with Gasteiger partial charge in [-0.05, 0) is 54.7 Å². The number of pyridine rings is 1. The van der Waals surface area contributed by atoms with Gasteiger partial charge in [0.15, 0.2) is 0 Å². The monoisotopic (exact) mass is 537 g/mol. The van der Waals surface area contributed by atoms with Crippen molar-refractivity contribution in [2.24, 2.45) is 0 Å². The molecule has 0 radical (unpaired) electrons. The summed E-state index contributed by atoms with van der Waals surface area (Å²) in [6.07, 6.45) is 0.626. The quantitative estimate of drug-likeness (QED) is 0.505. The number of rotatable bonds is 4. The number of phenolic OH excluding ortho intramolecular Hbond substituents is 1. The van der Waals surface area contributed by atoms with Crippen LogP contribution in [0.15, 0.2) is 49.2 Å². The summed E-state index contributed by atoms with van der Waals surface area (Å²) < 4.78 is 40.8. The van der Waals surface area contributed by atoms with E-state index >= 15 is 0 Å². The van der Waals surface area contributed by atoms with E-state index in [-0.39, 0.29) is 30.3 Å². The smallest absolute Gasteiger partial charge is 0.433 e. The standard InChI is InChI=1S/C28H26F3N5O3/c1-2-25(38)34-11-9-19-26-21(36(33-19)20-7-5-17(13-23(20)37)16-3-4-16)10-12-35(22(26)15-34)27(39)18-6-8-24(32-14-18)28(29,30)31/h2,5-8,13-14,16,22,37H,1,3-4,9-12,15H2. The number of amides is 2. The average Bonchev–Trinajstić information content (AvgIpc) is 3.73. The zero-order valence-corrected chi connectivity index (χ0v) is 21.0. The van der Waals surface area contributed by atoms with E-state index in [0.29, 0.717) is 36.7 Å². The second kappa shape index (κ2) is 9.25. The first-order valence-electron chi connectivity index (χ1n) is 12.8. The largest absolute Gasteiger partial charge is 0.506 e. The molecular formula is C28H26F3N5O3. The Balaban J connectivity index is 1.39. The fraction of sp³-hybridized carbons (Fsp3) is 0.357. The normalized spacial score (nSPS) is 18.9. The predicted octanol–water partition coefficient (Wildman–Crippen LogP) is 4.18. The van der Waals surface area contributed by atoms with Crippen LogP contribution in [0.2, 0.25) is 0 Å². The molecule has 4 heterocycles. The summed E-state index contributed by atoms with van der Waals surface area (Å²) >= 11 is 0. The molecule has 1 fully saturated rings. The SMILES string of the molecule is C=CC(=O)N1CCc2nn(-c3ccc(C4CC4)cc3O)c3c2C(C1)N(C(=O)c1ccc(C(F)(F)F)nc1)CC3. The number of nitrogens with zero attached hydrogens (tertiary/aromatic N) is 5. The molecule has 1 aromatic carbocycles. The number of aromatic nitrogens is 3. The van der Waals surface area contributed by atoms with Crippen molar-refractivity contribution in [3.8, 4) is 11.4 Å². The number of halogens is 3. The minimum Gasteiger partial charge on any atom is -0.506 e. The number of hydrogen-bond acceptors (Lipinski definition) is 5. The summed E-state index contributed by atoms with van der Waals surface area (Å²) in [5.74, 6) is -0.149. The minimum absolute atomic E-state index is 0.0274. The van der Waals surface area contributed by atoms with Crippen LogP contribution in [-0.2, 0) is 23.8 Å². The molecule has 0 bridgehead atoms. The number of carbonyl (C=O) groups is 2. The first-order chi connectivity index (χ1) is 18.7. The van der Waals surface area contributed by atoms with Crippen LogP contribution >= 0.6 is 0 Å². The lowest BCUT2D eigenvalue weighted by Crippen LogP contribution is -2.45. The first-order valence-corrected chi connectivity index (χ1v) is 12.8. The van der Waals surface area contributed by atoms with Crippen molar-refractivity contribution in [1.29, 1.82) is 0 Å². The minimum atomic E-state index is -4.61. The summed E-state index contributed by atoms with van der Waals surface area (Å²) in [5.41, 5.74) is 2.95. The molecule has 2 aliphatic heterocycles. The van der Waals surface area contributed by atoms with Crippen LogP contribution < -0.4 is 0 Å². The summed E-state index contributed by atoms with van der Waals surface area (Å²) in [7, 11) is 0. The maximum absolute atomic E-state index is 13.6. The fourth-order valence-electron chi connectivity index (χ4n) is 5.61. The molecule has 0 spiro atoms. The molecule has 3 aliphatic rings. The van der Waals surface area contributed by atoms with Gasteiger partial charge >= 0.3 is 6.18 Å². The molecule has 3 aromatic rings. The lowest BCUT2D eigenvalue weighted by Gasteiger charge is -2.37. The molecule has 1 N–H and O–H groups in total. The second-order valence-corrected chi connectivity index (χ2v) is 10.2. The van der Waals surface area contributed by atoms with Gasteiger partial charge < -0.3 is 14.9 Å². The molecule has 2 aromatic heterocycles.